The molecule has 1 aromatic heterocycles. The summed E-state index contributed by atoms with van der Waals surface area (Å²) in [6.07, 6.45) is 0. The van der Waals surface area contributed by atoms with Gasteiger partial charge in [0.15, 0.2) is 0 Å². The second kappa shape index (κ2) is 5.69. The summed E-state index contributed by atoms with van der Waals surface area (Å²) >= 11 is 0. The monoisotopic (exact) mass is 256 g/mol. The number of hydrogen-bond donors (Lipinski definition) is 2. The van der Waals surface area contributed by atoms with Crippen molar-refractivity contribution in [2.75, 3.05) is 17.7 Å². The maximum Gasteiger partial charge on any atom is 0.136 e. The van der Waals surface area contributed by atoms with Crippen molar-refractivity contribution in [1.82, 2.24) is 9.97 Å². The van der Waals surface area contributed by atoms with Gasteiger partial charge in [0.05, 0.1) is 0 Å². The Kier molecular flexibility index (Phi) is 4.00. The van der Waals surface area contributed by atoms with Gasteiger partial charge in [-0.05, 0) is 24.5 Å². The molecule has 0 saturated heterocycles. The van der Waals surface area contributed by atoms with E-state index in [4.69, 9.17) is 0 Å². The van der Waals surface area contributed by atoms with Gasteiger partial charge in [-0.25, -0.2) is 9.97 Å². The molecule has 4 heteroatoms. The van der Waals surface area contributed by atoms with Crippen LogP contribution in [0.4, 0.5) is 17.3 Å². The third kappa shape index (κ3) is 3.22. The molecule has 0 aliphatic rings. The summed E-state index contributed by atoms with van der Waals surface area (Å²) in [5.41, 5.74) is 2.38. The molecule has 0 atom stereocenters. The maximum absolute atomic E-state index is 4.42. The minimum atomic E-state index is 0.468. The molecule has 0 bridgehead atoms. The minimum absolute atomic E-state index is 0.468. The topological polar surface area (TPSA) is 49.8 Å². The largest absolute Gasteiger partial charge is 0.373 e. The van der Waals surface area contributed by atoms with E-state index >= 15 is 0 Å². The number of nitrogens with zero attached hydrogens (tertiary/aromatic N) is 2. The Labute approximate surface area is 114 Å². The Morgan fingerprint density at radius 3 is 2.42 bits per heavy atom. The summed E-state index contributed by atoms with van der Waals surface area (Å²) < 4.78 is 0. The van der Waals surface area contributed by atoms with Crippen molar-refractivity contribution >= 4 is 17.3 Å². The summed E-state index contributed by atoms with van der Waals surface area (Å²) in [6.45, 7) is 6.26. The number of para-hydroxylation sites is 1. The lowest BCUT2D eigenvalue weighted by atomic mass is 10.0. The molecular formula is C15H20N4. The van der Waals surface area contributed by atoms with Gasteiger partial charge in [-0.2, -0.15) is 0 Å². The van der Waals surface area contributed by atoms with Crippen LogP contribution in [0.15, 0.2) is 30.3 Å². The molecule has 2 aromatic rings. The van der Waals surface area contributed by atoms with Gasteiger partial charge in [0.1, 0.15) is 17.5 Å². The molecule has 0 aliphatic heterocycles. The Morgan fingerprint density at radius 2 is 1.74 bits per heavy atom. The first-order chi connectivity index (χ1) is 9.10. The van der Waals surface area contributed by atoms with Crippen LogP contribution in [0.5, 0.6) is 0 Å². The van der Waals surface area contributed by atoms with Crippen molar-refractivity contribution in [2.24, 2.45) is 0 Å². The van der Waals surface area contributed by atoms with Crippen LogP contribution in [0, 0.1) is 6.92 Å². The van der Waals surface area contributed by atoms with Gasteiger partial charge in [0.25, 0.3) is 0 Å². The lowest BCUT2D eigenvalue weighted by molar-refractivity contribution is 0.868. The smallest absolute Gasteiger partial charge is 0.136 e. The number of aromatic nitrogens is 2. The number of benzene rings is 1. The van der Waals surface area contributed by atoms with E-state index in [1.165, 1.54) is 5.56 Å². The Balaban J connectivity index is 2.33. The van der Waals surface area contributed by atoms with Gasteiger partial charge >= 0.3 is 0 Å². The molecule has 2 N–H and O–H groups in total. The molecule has 19 heavy (non-hydrogen) atoms. The van der Waals surface area contributed by atoms with Crippen molar-refractivity contribution in [3.8, 4) is 0 Å². The summed E-state index contributed by atoms with van der Waals surface area (Å²) in [6, 6.07) is 10.2. The summed E-state index contributed by atoms with van der Waals surface area (Å²) in [5, 5.41) is 6.42. The highest BCUT2D eigenvalue weighted by atomic mass is 15.1. The van der Waals surface area contributed by atoms with E-state index in [-0.39, 0.29) is 0 Å². The van der Waals surface area contributed by atoms with Gasteiger partial charge in [0.2, 0.25) is 0 Å². The van der Waals surface area contributed by atoms with E-state index in [1.54, 1.807) is 0 Å². The number of rotatable bonds is 4. The highest BCUT2D eigenvalue weighted by Gasteiger charge is 2.07. The first-order valence-corrected chi connectivity index (χ1v) is 6.49. The van der Waals surface area contributed by atoms with Crippen LogP contribution in [0.3, 0.4) is 0 Å². The van der Waals surface area contributed by atoms with Crippen molar-refractivity contribution in [1.29, 1.82) is 0 Å². The zero-order chi connectivity index (χ0) is 13.8. The standard InChI is InChI=1S/C15H20N4/c1-10(2)12-7-5-6-8-13(12)19-15-9-14(16-4)17-11(3)18-15/h5-10H,1-4H3,(H2,16,17,18,19). The Hall–Kier alpha value is -2.10. The third-order valence-electron chi connectivity index (χ3n) is 2.94. The number of anilines is 3. The molecular weight excluding hydrogens is 236 g/mol. The van der Waals surface area contributed by atoms with Crippen LogP contribution in [0.25, 0.3) is 0 Å². The first kappa shape index (κ1) is 13.3. The average Bonchev–Trinajstić information content (AvgIpc) is 2.38. The quantitative estimate of drug-likeness (QED) is 0.876. The van der Waals surface area contributed by atoms with Gasteiger partial charge in [0, 0.05) is 18.8 Å². The molecule has 0 radical (unpaired) electrons. The molecule has 100 valence electrons. The van der Waals surface area contributed by atoms with Crippen molar-refractivity contribution in [3.05, 3.63) is 41.7 Å². The average molecular weight is 256 g/mol. The summed E-state index contributed by atoms with van der Waals surface area (Å²) in [7, 11) is 1.85. The van der Waals surface area contributed by atoms with E-state index < -0.39 is 0 Å². The normalized spacial score (nSPS) is 10.6. The van der Waals surface area contributed by atoms with Crippen LogP contribution in [-0.2, 0) is 0 Å². The number of aryl methyl sites for hydroxylation is 1. The third-order valence-corrected chi connectivity index (χ3v) is 2.94. The fraction of sp³-hybridized carbons (Fsp3) is 0.333. The highest BCUT2D eigenvalue weighted by molar-refractivity contribution is 5.63. The summed E-state index contributed by atoms with van der Waals surface area (Å²) in [5.74, 6) is 2.84. The summed E-state index contributed by atoms with van der Waals surface area (Å²) in [4.78, 5) is 8.70. The SMILES string of the molecule is CNc1cc(Nc2ccccc2C(C)C)nc(C)n1. The molecule has 0 spiro atoms. The first-order valence-electron chi connectivity index (χ1n) is 6.49. The zero-order valence-corrected chi connectivity index (χ0v) is 11.9. The van der Waals surface area contributed by atoms with Gasteiger partial charge < -0.3 is 10.6 Å². The molecule has 0 fully saturated rings. The van der Waals surface area contributed by atoms with Gasteiger partial charge in [-0.1, -0.05) is 32.0 Å². The van der Waals surface area contributed by atoms with Gasteiger partial charge in [-0.15, -0.1) is 0 Å². The Morgan fingerprint density at radius 1 is 1.05 bits per heavy atom. The van der Waals surface area contributed by atoms with Crippen molar-refractivity contribution in [2.45, 2.75) is 26.7 Å². The second-order valence-electron chi connectivity index (χ2n) is 4.80. The van der Waals surface area contributed by atoms with Crippen LogP contribution in [-0.4, -0.2) is 17.0 Å². The lowest BCUT2D eigenvalue weighted by Crippen LogP contribution is -2.03. The molecule has 0 saturated carbocycles. The van der Waals surface area contributed by atoms with E-state index in [0.29, 0.717) is 5.92 Å². The Bertz CT molecular complexity index is 564. The zero-order valence-electron chi connectivity index (χ0n) is 11.9. The van der Waals surface area contributed by atoms with E-state index in [9.17, 15) is 0 Å². The minimum Gasteiger partial charge on any atom is -0.373 e. The van der Waals surface area contributed by atoms with E-state index in [1.807, 2.05) is 26.1 Å². The van der Waals surface area contributed by atoms with Crippen LogP contribution >= 0.6 is 0 Å². The molecule has 1 aromatic carbocycles. The predicted molar refractivity (Wildman–Crippen MR) is 80.1 cm³/mol. The molecule has 0 amide bonds. The number of hydrogen-bond acceptors (Lipinski definition) is 4. The van der Waals surface area contributed by atoms with Crippen LogP contribution in [0.2, 0.25) is 0 Å². The maximum atomic E-state index is 4.42. The predicted octanol–water partition coefficient (Wildman–Crippen LogP) is 3.69. The van der Waals surface area contributed by atoms with Crippen molar-refractivity contribution < 1.29 is 0 Å². The number of nitrogens with one attached hydrogen (secondary N) is 2. The molecule has 4 nitrogen and oxygen atoms in total. The van der Waals surface area contributed by atoms with Crippen molar-refractivity contribution in [3.63, 3.8) is 0 Å². The molecule has 0 aliphatic carbocycles. The fourth-order valence-corrected chi connectivity index (χ4v) is 2.01. The molecule has 2 rings (SSSR count). The van der Waals surface area contributed by atoms with Crippen LogP contribution < -0.4 is 10.6 Å². The van der Waals surface area contributed by atoms with E-state index in [0.717, 1.165) is 23.1 Å². The van der Waals surface area contributed by atoms with Crippen LogP contribution in [0.1, 0.15) is 31.2 Å². The lowest BCUT2D eigenvalue weighted by Gasteiger charge is -2.14. The van der Waals surface area contributed by atoms with E-state index in [2.05, 4.69) is 52.6 Å². The second-order valence-corrected chi connectivity index (χ2v) is 4.80. The molecule has 1 heterocycles. The fourth-order valence-electron chi connectivity index (χ4n) is 2.01. The molecule has 0 unspecified atom stereocenters. The van der Waals surface area contributed by atoms with Gasteiger partial charge in [-0.3, -0.25) is 0 Å². The highest BCUT2D eigenvalue weighted by Crippen LogP contribution is 2.26.